The van der Waals surface area contributed by atoms with Crippen molar-refractivity contribution >= 4 is 11.4 Å². The normalized spacial score (nSPS) is 15.4. The Hall–Kier alpha value is -4.44. The first-order valence-corrected chi connectivity index (χ1v) is 11.5. The second-order valence-corrected chi connectivity index (χ2v) is 8.39. The third kappa shape index (κ3) is 3.80. The molecule has 1 aromatic heterocycles. The molecule has 1 aliphatic rings. The van der Waals surface area contributed by atoms with Gasteiger partial charge in [0, 0.05) is 23.7 Å². The molecule has 1 aliphatic heterocycles. The number of hydrazone groups is 1. The zero-order chi connectivity index (χ0) is 22.7. The van der Waals surface area contributed by atoms with Gasteiger partial charge in [0.25, 0.3) is 0 Å². The highest BCUT2D eigenvalue weighted by atomic mass is 15.5. The number of benzene rings is 4. The lowest BCUT2D eigenvalue weighted by Gasteiger charge is -2.23. The molecule has 0 radical (unpaired) electrons. The van der Waals surface area contributed by atoms with E-state index < -0.39 is 0 Å². The lowest BCUT2D eigenvalue weighted by molar-refractivity contribution is 0.709. The van der Waals surface area contributed by atoms with Gasteiger partial charge in [0.2, 0.25) is 0 Å². The van der Waals surface area contributed by atoms with Crippen LogP contribution in [0.3, 0.4) is 0 Å². The van der Waals surface area contributed by atoms with Crippen molar-refractivity contribution < 1.29 is 0 Å². The van der Waals surface area contributed by atoms with E-state index in [1.807, 2.05) is 41.1 Å². The summed E-state index contributed by atoms with van der Waals surface area (Å²) in [5, 5.41) is 12.3. The predicted octanol–water partition coefficient (Wildman–Crippen LogP) is 6.90. The molecule has 4 nitrogen and oxygen atoms in total. The van der Waals surface area contributed by atoms with Crippen molar-refractivity contribution in [1.29, 1.82) is 0 Å². The van der Waals surface area contributed by atoms with Crippen molar-refractivity contribution in [2.45, 2.75) is 12.5 Å². The van der Waals surface area contributed by atoms with Crippen molar-refractivity contribution in [3.63, 3.8) is 0 Å². The van der Waals surface area contributed by atoms with Crippen molar-refractivity contribution in [2.24, 2.45) is 5.10 Å². The predicted molar refractivity (Wildman–Crippen MR) is 138 cm³/mol. The van der Waals surface area contributed by atoms with Crippen LogP contribution < -0.4 is 5.01 Å². The van der Waals surface area contributed by atoms with Crippen LogP contribution >= 0.6 is 0 Å². The Balaban J connectivity index is 1.50. The SMILES string of the molecule is c1ccc(C2=NN(c3ccccc3)C(c3cn(-c4ccccc4)nc3-c3ccccc3)C2)cc1. The van der Waals surface area contributed by atoms with Gasteiger partial charge in [-0.25, -0.2) is 4.68 Å². The van der Waals surface area contributed by atoms with Gasteiger partial charge >= 0.3 is 0 Å². The molecule has 0 bridgehead atoms. The van der Waals surface area contributed by atoms with Gasteiger partial charge in [0.1, 0.15) is 0 Å². The minimum atomic E-state index is 0.0327. The van der Waals surface area contributed by atoms with Gasteiger partial charge in [-0.05, 0) is 29.8 Å². The standard InChI is InChI=1S/C30H24N4/c1-5-13-23(14-6-1)28-21-29(34(31-28)26-19-11-4-12-20-26)27-22-33(25-17-9-3-10-18-25)32-30(27)24-15-7-2-8-16-24/h1-20,22,29H,21H2. The fraction of sp³-hybridized carbons (Fsp3) is 0.0667. The van der Waals surface area contributed by atoms with Gasteiger partial charge in [-0.2, -0.15) is 10.2 Å². The monoisotopic (exact) mass is 440 g/mol. The van der Waals surface area contributed by atoms with Crippen LogP contribution in [0.4, 0.5) is 5.69 Å². The van der Waals surface area contributed by atoms with Crippen LogP contribution in [0.1, 0.15) is 23.6 Å². The molecular weight excluding hydrogens is 416 g/mol. The van der Waals surface area contributed by atoms with E-state index in [4.69, 9.17) is 10.2 Å². The molecule has 6 rings (SSSR count). The number of para-hydroxylation sites is 2. The van der Waals surface area contributed by atoms with Crippen molar-refractivity contribution in [2.75, 3.05) is 5.01 Å². The Morgan fingerprint density at radius 3 is 1.74 bits per heavy atom. The van der Waals surface area contributed by atoms with Crippen LogP contribution in [0.25, 0.3) is 16.9 Å². The lowest BCUT2D eigenvalue weighted by Crippen LogP contribution is -2.18. The highest BCUT2D eigenvalue weighted by molar-refractivity contribution is 6.03. The summed E-state index contributed by atoms with van der Waals surface area (Å²) in [6.07, 6.45) is 2.97. The Morgan fingerprint density at radius 2 is 1.12 bits per heavy atom. The highest BCUT2D eigenvalue weighted by Crippen LogP contribution is 2.40. The summed E-state index contributed by atoms with van der Waals surface area (Å²) in [6.45, 7) is 0. The van der Waals surface area contributed by atoms with Gasteiger partial charge in [-0.1, -0.05) is 97.1 Å². The summed E-state index contributed by atoms with van der Waals surface area (Å²) in [5.74, 6) is 0. The van der Waals surface area contributed by atoms with Gasteiger partial charge in [-0.3, -0.25) is 5.01 Å². The summed E-state index contributed by atoms with van der Waals surface area (Å²) >= 11 is 0. The molecule has 0 saturated heterocycles. The number of hydrogen-bond donors (Lipinski definition) is 0. The Labute approximate surface area is 199 Å². The zero-order valence-electron chi connectivity index (χ0n) is 18.7. The quantitative estimate of drug-likeness (QED) is 0.298. The molecule has 0 spiro atoms. The second kappa shape index (κ2) is 8.83. The Bertz CT molecular complexity index is 1410. The molecule has 1 unspecified atom stereocenters. The first kappa shape index (κ1) is 20.2. The summed E-state index contributed by atoms with van der Waals surface area (Å²) in [6, 6.07) is 41.6. The maximum Gasteiger partial charge on any atom is 0.0981 e. The minimum absolute atomic E-state index is 0.0327. The van der Waals surface area contributed by atoms with E-state index in [1.54, 1.807) is 0 Å². The summed E-state index contributed by atoms with van der Waals surface area (Å²) in [5.41, 5.74) is 7.61. The average Bonchev–Trinajstić information content (AvgIpc) is 3.56. The van der Waals surface area contributed by atoms with Gasteiger partial charge in [0.05, 0.1) is 28.8 Å². The maximum atomic E-state index is 5.12. The summed E-state index contributed by atoms with van der Waals surface area (Å²) < 4.78 is 1.99. The van der Waals surface area contributed by atoms with E-state index in [1.165, 1.54) is 0 Å². The molecule has 164 valence electrons. The molecule has 0 aliphatic carbocycles. The van der Waals surface area contributed by atoms with Crippen LogP contribution in [-0.2, 0) is 0 Å². The topological polar surface area (TPSA) is 33.4 Å². The summed E-state index contributed by atoms with van der Waals surface area (Å²) in [4.78, 5) is 0. The number of anilines is 1. The first-order valence-electron chi connectivity index (χ1n) is 11.5. The fourth-order valence-electron chi connectivity index (χ4n) is 4.54. The van der Waals surface area contributed by atoms with E-state index in [2.05, 4.69) is 96.1 Å². The third-order valence-corrected chi connectivity index (χ3v) is 6.21. The van der Waals surface area contributed by atoms with Crippen LogP contribution in [0.5, 0.6) is 0 Å². The van der Waals surface area contributed by atoms with Crippen molar-refractivity contribution in [3.05, 3.63) is 139 Å². The second-order valence-electron chi connectivity index (χ2n) is 8.39. The van der Waals surface area contributed by atoms with Crippen molar-refractivity contribution in [3.8, 4) is 16.9 Å². The van der Waals surface area contributed by atoms with Gasteiger partial charge < -0.3 is 0 Å². The lowest BCUT2D eigenvalue weighted by atomic mass is 9.96. The minimum Gasteiger partial charge on any atom is -0.257 e. The smallest absolute Gasteiger partial charge is 0.0981 e. The molecular formula is C30H24N4. The number of aromatic nitrogens is 2. The van der Waals surface area contributed by atoms with Crippen LogP contribution in [0.2, 0.25) is 0 Å². The highest BCUT2D eigenvalue weighted by Gasteiger charge is 2.33. The molecule has 4 aromatic carbocycles. The first-order chi connectivity index (χ1) is 16.9. The number of rotatable bonds is 5. The molecule has 1 atom stereocenters. The molecule has 4 heteroatoms. The zero-order valence-corrected chi connectivity index (χ0v) is 18.7. The Kier molecular flexibility index (Phi) is 5.24. The van der Waals surface area contributed by atoms with Crippen LogP contribution in [0.15, 0.2) is 133 Å². The van der Waals surface area contributed by atoms with Crippen LogP contribution in [-0.4, -0.2) is 15.5 Å². The van der Waals surface area contributed by atoms with Crippen LogP contribution in [0, 0.1) is 0 Å². The molecule has 0 fully saturated rings. The third-order valence-electron chi connectivity index (χ3n) is 6.21. The maximum absolute atomic E-state index is 5.12. The molecule has 0 saturated carbocycles. The molecule has 5 aromatic rings. The van der Waals surface area contributed by atoms with E-state index >= 15 is 0 Å². The van der Waals surface area contributed by atoms with E-state index in [-0.39, 0.29) is 6.04 Å². The molecule has 2 heterocycles. The molecule has 0 amide bonds. The van der Waals surface area contributed by atoms with Crippen molar-refractivity contribution in [1.82, 2.24) is 9.78 Å². The van der Waals surface area contributed by atoms with Gasteiger partial charge in [0.15, 0.2) is 0 Å². The molecule has 0 N–H and O–H groups in total. The molecule has 34 heavy (non-hydrogen) atoms. The Morgan fingerprint density at radius 1 is 0.588 bits per heavy atom. The number of hydrogen-bond acceptors (Lipinski definition) is 3. The summed E-state index contributed by atoms with van der Waals surface area (Å²) in [7, 11) is 0. The average molecular weight is 441 g/mol. The van der Waals surface area contributed by atoms with E-state index in [9.17, 15) is 0 Å². The van der Waals surface area contributed by atoms with E-state index in [0.717, 1.165) is 45.9 Å². The van der Waals surface area contributed by atoms with E-state index in [0.29, 0.717) is 0 Å². The fourth-order valence-corrected chi connectivity index (χ4v) is 4.54. The number of nitrogens with zero attached hydrogens (tertiary/aromatic N) is 4. The largest absolute Gasteiger partial charge is 0.257 e. The van der Waals surface area contributed by atoms with Gasteiger partial charge in [-0.15, -0.1) is 0 Å².